The number of hydrogen-bond donors (Lipinski definition) is 2. The lowest BCUT2D eigenvalue weighted by atomic mass is 9.86. The van der Waals surface area contributed by atoms with E-state index >= 15 is 0 Å². The number of nitrogens with one attached hydrogen (secondary N) is 1. The fraction of sp³-hybridized carbons (Fsp3) is 0.917. The van der Waals surface area contributed by atoms with Crippen molar-refractivity contribution in [1.29, 1.82) is 0 Å². The molecule has 16 heavy (non-hydrogen) atoms. The van der Waals surface area contributed by atoms with Gasteiger partial charge in [-0.25, -0.2) is 4.79 Å². The molecule has 0 aromatic carbocycles. The maximum atomic E-state index is 11.4. The van der Waals surface area contributed by atoms with Crippen LogP contribution in [0.1, 0.15) is 39.5 Å². The lowest BCUT2D eigenvalue weighted by molar-refractivity contribution is 0.127. The van der Waals surface area contributed by atoms with Gasteiger partial charge >= 0.3 is 6.09 Å². The quantitative estimate of drug-likeness (QED) is 0.755. The summed E-state index contributed by atoms with van der Waals surface area (Å²) in [6.45, 7) is 5.82. The molecule has 0 aromatic heterocycles. The van der Waals surface area contributed by atoms with Crippen LogP contribution < -0.4 is 11.1 Å². The Bertz CT molecular complexity index is 223. The Kier molecular flexibility index (Phi) is 5.06. The summed E-state index contributed by atoms with van der Waals surface area (Å²) in [6.07, 6.45) is 4.37. The third kappa shape index (κ3) is 4.00. The summed E-state index contributed by atoms with van der Waals surface area (Å²) in [6, 6.07) is 0. The summed E-state index contributed by atoms with van der Waals surface area (Å²) >= 11 is 0. The molecule has 0 spiro atoms. The zero-order valence-electron chi connectivity index (χ0n) is 10.4. The van der Waals surface area contributed by atoms with Gasteiger partial charge in [-0.1, -0.05) is 26.7 Å². The van der Waals surface area contributed by atoms with Crippen LogP contribution in [0.25, 0.3) is 0 Å². The van der Waals surface area contributed by atoms with Gasteiger partial charge in [-0.2, -0.15) is 0 Å². The number of amides is 1. The molecule has 0 radical (unpaired) electrons. The summed E-state index contributed by atoms with van der Waals surface area (Å²) in [7, 11) is 0. The van der Waals surface area contributed by atoms with E-state index in [1.165, 1.54) is 12.8 Å². The first-order valence-corrected chi connectivity index (χ1v) is 6.19. The first-order chi connectivity index (χ1) is 7.58. The predicted octanol–water partition coefficient (Wildman–Crippen LogP) is 1.89. The summed E-state index contributed by atoms with van der Waals surface area (Å²) < 4.78 is 5.06. The molecule has 0 unspecified atom stereocenters. The Morgan fingerprint density at radius 1 is 1.44 bits per heavy atom. The predicted molar refractivity (Wildman–Crippen MR) is 64.1 cm³/mol. The second kappa shape index (κ2) is 6.09. The number of carbonyl (C=O) groups is 1. The molecule has 1 saturated carbocycles. The van der Waals surface area contributed by atoms with Crippen LogP contribution in [-0.4, -0.2) is 25.8 Å². The van der Waals surface area contributed by atoms with Gasteiger partial charge in [-0.05, 0) is 25.3 Å². The van der Waals surface area contributed by atoms with Crippen LogP contribution in [0.3, 0.4) is 0 Å². The summed E-state index contributed by atoms with van der Waals surface area (Å²) in [4.78, 5) is 11.4. The monoisotopic (exact) mass is 228 g/mol. The van der Waals surface area contributed by atoms with Crippen molar-refractivity contribution in [3.63, 3.8) is 0 Å². The van der Waals surface area contributed by atoms with E-state index < -0.39 is 0 Å². The number of hydrogen-bond acceptors (Lipinski definition) is 3. The van der Waals surface area contributed by atoms with E-state index in [0.29, 0.717) is 25.6 Å². The van der Waals surface area contributed by atoms with Crippen molar-refractivity contribution >= 4 is 6.09 Å². The summed E-state index contributed by atoms with van der Waals surface area (Å²) in [5, 5.41) is 2.83. The largest absolute Gasteiger partial charge is 0.449 e. The Morgan fingerprint density at radius 2 is 2.06 bits per heavy atom. The first-order valence-electron chi connectivity index (χ1n) is 6.19. The van der Waals surface area contributed by atoms with Gasteiger partial charge in [-0.15, -0.1) is 0 Å². The van der Waals surface area contributed by atoms with Gasteiger partial charge in [0.15, 0.2) is 0 Å². The lowest BCUT2D eigenvalue weighted by Crippen LogP contribution is -2.41. The molecule has 1 fully saturated rings. The van der Waals surface area contributed by atoms with E-state index in [1.54, 1.807) is 0 Å². The molecule has 1 aliphatic carbocycles. The van der Waals surface area contributed by atoms with Crippen molar-refractivity contribution in [2.45, 2.75) is 39.5 Å². The molecule has 1 aliphatic rings. The van der Waals surface area contributed by atoms with Gasteiger partial charge in [0.05, 0.1) is 6.61 Å². The molecular formula is C12H24N2O2. The number of rotatable bonds is 5. The number of carbonyl (C=O) groups excluding carboxylic acids is 1. The van der Waals surface area contributed by atoms with Crippen LogP contribution in [0.15, 0.2) is 0 Å². The van der Waals surface area contributed by atoms with E-state index in [4.69, 9.17) is 10.5 Å². The Balaban J connectivity index is 2.24. The average Bonchev–Trinajstić information content (AvgIpc) is 2.73. The van der Waals surface area contributed by atoms with Crippen molar-refractivity contribution in [1.82, 2.24) is 5.32 Å². The molecule has 3 N–H and O–H groups in total. The topological polar surface area (TPSA) is 64.3 Å². The third-order valence-electron chi connectivity index (χ3n) is 3.25. The minimum Gasteiger partial charge on any atom is -0.449 e. The number of nitrogens with two attached hydrogens (primary N) is 1. The highest BCUT2D eigenvalue weighted by atomic mass is 16.5. The lowest BCUT2D eigenvalue weighted by Gasteiger charge is -2.27. The van der Waals surface area contributed by atoms with Crippen LogP contribution in [0.4, 0.5) is 4.79 Å². The highest BCUT2D eigenvalue weighted by Gasteiger charge is 2.32. The smallest absolute Gasteiger partial charge is 0.407 e. The maximum absolute atomic E-state index is 11.4. The highest BCUT2D eigenvalue weighted by Crippen LogP contribution is 2.36. The molecular weight excluding hydrogens is 204 g/mol. The Hall–Kier alpha value is -0.770. The molecule has 0 heterocycles. The van der Waals surface area contributed by atoms with Crippen molar-refractivity contribution in [2.75, 3.05) is 19.7 Å². The molecule has 0 aromatic rings. The second-order valence-electron chi connectivity index (χ2n) is 5.26. The van der Waals surface area contributed by atoms with Gasteiger partial charge in [-0.3, -0.25) is 0 Å². The van der Waals surface area contributed by atoms with E-state index in [-0.39, 0.29) is 11.5 Å². The van der Waals surface area contributed by atoms with Gasteiger partial charge in [0.1, 0.15) is 0 Å². The molecule has 4 heteroatoms. The van der Waals surface area contributed by atoms with Crippen molar-refractivity contribution < 1.29 is 9.53 Å². The Morgan fingerprint density at radius 3 is 2.56 bits per heavy atom. The van der Waals surface area contributed by atoms with Gasteiger partial charge < -0.3 is 15.8 Å². The van der Waals surface area contributed by atoms with Gasteiger partial charge in [0.2, 0.25) is 0 Å². The first kappa shape index (κ1) is 13.3. The normalized spacial score (nSPS) is 18.8. The molecule has 94 valence electrons. The minimum absolute atomic E-state index is 0.122. The fourth-order valence-electron chi connectivity index (χ4n) is 2.13. The van der Waals surface area contributed by atoms with Gasteiger partial charge in [0.25, 0.3) is 0 Å². The summed E-state index contributed by atoms with van der Waals surface area (Å²) in [5.41, 5.74) is 5.91. The number of alkyl carbamates (subject to hydrolysis) is 1. The van der Waals surface area contributed by atoms with Crippen LogP contribution in [-0.2, 0) is 4.74 Å². The molecule has 0 aliphatic heterocycles. The van der Waals surface area contributed by atoms with Crippen molar-refractivity contribution in [3.05, 3.63) is 0 Å². The van der Waals surface area contributed by atoms with E-state index in [9.17, 15) is 4.79 Å². The molecule has 0 saturated heterocycles. The standard InChI is InChI=1S/C12H24N2O2/c1-10(2)7-16-11(15)14-9-12(8-13)5-3-4-6-12/h10H,3-9,13H2,1-2H3,(H,14,15). The molecule has 1 rings (SSSR count). The van der Waals surface area contributed by atoms with E-state index in [2.05, 4.69) is 5.32 Å². The second-order valence-corrected chi connectivity index (χ2v) is 5.26. The van der Waals surface area contributed by atoms with Crippen LogP contribution in [0.5, 0.6) is 0 Å². The molecule has 0 bridgehead atoms. The van der Waals surface area contributed by atoms with E-state index in [1.807, 2.05) is 13.8 Å². The molecule has 0 atom stereocenters. The molecule has 4 nitrogen and oxygen atoms in total. The van der Waals surface area contributed by atoms with Crippen LogP contribution >= 0.6 is 0 Å². The van der Waals surface area contributed by atoms with Gasteiger partial charge in [0, 0.05) is 12.0 Å². The van der Waals surface area contributed by atoms with Crippen molar-refractivity contribution in [3.8, 4) is 0 Å². The number of ether oxygens (including phenoxy) is 1. The van der Waals surface area contributed by atoms with E-state index in [0.717, 1.165) is 12.8 Å². The van der Waals surface area contributed by atoms with Crippen LogP contribution in [0.2, 0.25) is 0 Å². The minimum atomic E-state index is -0.312. The summed E-state index contributed by atoms with van der Waals surface area (Å²) in [5.74, 6) is 0.376. The van der Waals surface area contributed by atoms with Crippen LogP contribution in [0, 0.1) is 11.3 Å². The Labute approximate surface area is 97.9 Å². The SMILES string of the molecule is CC(C)COC(=O)NCC1(CN)CCCC1. The highest BCUT2D eigenvalue weighted by molar-refractivity contribution is 5.67. The third-order valence-corrected chi connectivity index (χ3v) is 3.25. The molecule has 1 amide bonds. The zero-order chi connectivity index (χ0) is 12.0. The zero-order valence-corrected chi connectivity index (χ0v) is 10.4. The fourth-order valence-corrected chi connectivity index (χ4v) is 2.13. The van der Waals surface area contributed by atoms with Crippen molar-refractivity contribution in [2.24, 2.45) is 17.1 Å². The maximum Gasteiger partial charge on any atom is 0.407 e. The average molecular weight is 228 g/mol.